The summed E-state index contributed by atoms with van der Waals surface area (Å²) in [5, 5.41) is 11.6. The molecule has 0 radical (unpaired) electrons. The van der Waals surface area contributed by atoms with Crippen LogP contribution in [0.2, 0.25) is 0 Å². The van der Waals surface area contributed by atoms with Gasteiger partial charge in [-0.1, -0.05) is 42.1 Å². The summed E-state index contributed by atoms with van der Waals surface area (Å²) in [6, 6.07) is 16.3. The van der Waals surface area contributed by atoms with E-state index < -0.39 is 5.91 Å². The fourth-order valence-electron chi connectivity index (χ4n) is 2.43. The van der Waals surface area contributed by atoms with Crippen molar-refractivity contribution >= 4 is 29.3 Å². The van der Waals surface area contributed by atoms with E-state index in [9.17, 15) is 9.59 Å². The number of nitrogens with two attached hydrogens (primary N) is 1. The number of nitrogens with one attached hydrogen (secondary N) is 1. The first-order valence-electron chi connectivity index (χ1n) is 7.85. The number of hydrogen-bond donors (Lipinski definition) is 2. The van der Waals surface area contributed by atoms with Crippen LogP contribution < -0.4 is 11.1 Å². The molecule has 0 aliphatic heterocycles. The molecule has 7 nitrogen and oxygen atoms in total. The lowest BCUT2D eigenvalue weighted by Crippen LogP contribution is -2.19. The van der Waals surface area contributed by atoms with E-state index in [1.165, 1.54) is 11.8 Å². The highest BCUT2D eigenvalue weighted by Gasteiger charge is 2.15. The maximum Gasteiger partial charge on any atom is 0.250 e. The first kappa shape index (κ1) is 17.7. The fourth-order valence-corrected chi connectivity index (χ4v) is 3.23. The molecule has 0 aliphatic carbocycles. The summed E-state index contributed by atoms with van der Waals surface area (Å²) >= 11 is 1.27. The van der Waals surface area contributed by atoms with Crippen LogP contribution >= 0.6 is 11.8 Å². The molecule has 0 atom stereocenters. The highest BCUT2D eigenvalue weighted by molar-refractivity contribution is 7.99. The molecule has 3 N–H and O–H groups in total. The van der Waals surface area contributed by atoms with Crippen LogP contribution in [0.4, 0.5) is 5.69 Å². The molecule has 132 valence electrons. The molecule has 0 fully saturated rings. The number of benzene rings is 2. The van der Waals surface area contributed by atoms with E-state index in [2.05, 4.69) is 15.5 Å². The number of primary amides is 1. The van der Waals surface area contributed by atoms with Gasteiger partial charge in [-0.15, -0.1) is 10.2 Å². The molecular weight excluding hydrogens is 350 g/mol. The summed E-state index contributed by atoms with van der Waals surface area (Å²) in [4.78, 5) is 23.7. The van der Waals surface area contributed by atoms with Gasteiger partial charge in [0.05, 0.1) is 17.0 Å². The molecule has 0 unspecified atom stereocenters. The van der Waals surface area contributed by atoms with Gasteiger partial charge >= 0.3 is 0 Å². The van der Waals surface area contributed by atoms with Crippen LogP contribution in [0, 0.1) is 6.92 Å². The largest absolute Gasteiger partial charge is 0.366 e. The van der Waals surface area contributed by atoms with E-state index in [0.29, 0.717) is 10.8 Å². The van der Waals surface area contributed by atoms with Crippen molar-refractivity contribution in [1.82, 2.24) is 14.8 Å². The van der Waals surface area contributed by atoms with E-state index in [4.69, 9.17) is 5.73 Å². The zero-order valence-electron chi connectivity index (χ0n) is 14.0. The molecule has 0 saturated carbocycles. The Kier molecular flexibility index (Phi) is 5.33. The van der Waals surface area contributed by atoms with Gasteiger partial charge in [-0.05, 0) is 31.2 Å². The molecule has 0 aliphatic rings. The topological polar surface area (TPSA) is 103 Å². The number of para-hydroxylation sites is 2. The molecule has 0 bridgehead atoms. The second-order valence-corrected chi connectivity index (χ2v) is 6.39. The second-order valence-electron chi connectivity index (χ2n) is 5.45. The monoisotopic (exact) mass is 367 g/mol. The lowest BCUT2D eigenvalue weighted by atomic mass is 10.1. The molecule has 1 aromatic heterocycles. The predicted molar refractivity (Wildman–Crippen MR) is 100 cm³/mol. The minimum Gasteiger partial charge on any atom is -0.366 e. The van der Waals surface area contributed by atoms with Gasteiger partial charge in [0.15, 0.2) is 5.16 Å². The Balaban J connectivity index is 1.71. The van der Waals surface area contributed by atoms with Crippen LogP contribution in [0.1, 0.15) is 16.2 Å². The van der Waals surface area contributed by atoms with Gasteiger partial charge in [0.25, 0.3) is 5.91 Å². The van der Waals surface area contributed by atoms with Gasteiger partial charge in [0.2, 0.25) is 5.91 Å². The average molecular weight is 367 g/mol. The number of carbonyl (C=O) groups excluding carboxylic acids is 2. The van der Waals surface area contributed by atoms with Crippen molar-refractivity contribution in [2.45, 2.75) is 12.1 Å². The Morgan fingerprint density at radius 1 is 1.08 bits per heavy atom. The van der Waals surface area contributed by atoms with Crippen LogP contribution in [-0.4, -0.2) is 32.3 Å². The van der Waals surface area contributed by atoms with Gasteiger partial charge in [-0.2, -0.15) is 0 Å². The highest BCUT2D eigenvalue weighted by atomic mass is 32.2. The molecule has 2 amide bonds. The molecular formula is C18H17N5O2S. The number of aryl methyl sites for hydroxylation is 1. The number of thioether (sulfide) groups is 1. The standard InChI is InChI=1S/C18H17N5O2S/c1-12-21-22-18(23(12)13-7-3-2-4-8-13)26-11-16(24)20-15-10-6-5-9-14(15)17(19)25/h2-10H,11H2,1H3,(H2,19,25)(H,20,24). The Morgan fingerprint density at radius 2 is 1.77 bits per heavy atom. The van der Waals surface area contributed by atoms with Gasteiger partial charge in [0.1, 0.15) is 5.82 Å². The smallest absolute Gasteiger partial charge is 0.250 e. The Morgan fingerprint density at radius 3 is 2.50 bits per heavy atom. The van der Waals surface area contributed by atoms with Crippen molar-refractivity contribution in [1.29, 1.82) is 0 Å². The lowest BCUT2D eigenvalue weighted by molar-refractivity contribution is -0.113. The number of aromatic nitrogens is 3. The van der Waals surface area contributed by atoms with E-state index in [1.807, 2.05) is 41.8 Å². The lowest BCUT2D eigenvalue weighted by Gasteiger charge is -2.10. The average Bonchev–Trinajstić information content (AvgIpc) is 3.01. The van der Waals surface area contributed by atoms with Crippen LogP contribution in [-0.2, 0) is 4.79 Å². The molecule has 3 rings (SSSR count). The van der Waals surface area contributed by atoms with E-state index in [-0.39, 0.29) is 17.2 Å². The van der Waals surface area contributed by atoms with Crippen molar-refractivity contribution in [3.8, 4) is 5.69 Å². The normalized spacial score (nSPS) is 10.5. The van der Waals surface area contributed by atoms with Gasteiger partial charge in [-0.3, -0.25) is 14.2 Å². The zero-order valence-corrected chi connectivity index (χ0v) is 14.9. The predicted octanol–water partition coefficient (Wildman–Crippen LogP) is 2.41. The van der Waals surface area contributed by atoms with Crippen LogP contribution in [0.3, 0.4) is 0 Å². The Labute approximate surface area is 154 Å². The number of carbonyl (C=O) groups is 2. The number of hydrogen-bond acceptors (Lipinski definition) is 5. The van der Waals surface area contributed by atoms with Crippen LogP contribution in [0.5, 0.6) is 0 Å². The zero-order chi connectivity index (χ0) is 18.5. The maximum atomic E-state index is 12.3. The minimum atomic E-state index is -0.590. The number of rotatable bonds is 6. The van der Waals surface area contributed by atoms with Crippen molar-refractivity contribution in [3.63, 3.8) is 0 Å². The first-order chi connectivity index (χ1) is 12.6. The Bertz CT molecular complexity index is 940. The summed E-state index contributed by atoms with van der Waals surface area (Å²) in [5.41, 5.74) is 6.92. The number of nitrogens with zero attached hydrogens (tertiary/aromatic N) is 3. The third-order valence-electron chi connectivity index (χ3n) is 3.61. The summed E-state index contributed by atoms with van der Waals surface area (Å²) in [7, 11) is 0. The molecule has 3 aromatic rings. The van der Waals surface area contributed by atoms with Gasteiger partial charge in [0, 0.05) is 5.69 Å². The van der Waals surface area contributed by atoms with Gasteiger partial charge < -0.3 is 11.1 Å². The number of anilines is 1. The van der Waals surface area contributed by atoms with Gasteiger partial charge in [-0.25, -0.2) is 0 Å². The molecule has 8 heteroatoms. The molecule has 0 spiro atoms. The third kappa shape index (κ3) is 3.92. The van der Waals surface area contributed by atoms with E-state index in [1.54, 1.807) is 24.3 Å². The van der Waals surface area contributed by atoms with Crippen molar-refractivity contribution in [2.24, 2.45) is 5.73 Å². The summed E-state index contributed by atoms with van der Waals surface area (Å²) in [6.07, 6.45) is 0. The summed E-state index contributed by atoms with van der Waals surface area (Å²) in [5.74, 6) is 0.00747. The highest BCUT2D eigenvalue weighted by Crippen LogP contribution is 2.22. The summed E-state index contributed by atoms with van der Waals surface area (Å²) < 4.78 is 1.88. The quantitative estimate of drug-likeness (QED) is 0.651. The van der Waals surface area contributed by atoms with E-state index in [0.717, 1.165) is 11.5 Å². The minimum absolute atomic E-state index is 0.123. The molecule has 2 aromatic carbocycles. The molecule has 26 heavy (non-hydrogen) atoms. The van der Waals surface area contributed by atoms with Crippen molar-refractivity contribution in [2.75, 3.05) is 11.1 Å². The first-order valence-corrected chi connectivity index (χ1v) is 8.83. The Hall–Kier alpha value is -3.13. The van der Waals surface area contributed by atoms with Crippen molar-refractivity contribution < 1.29 is 9.59 Å². The molecule has 0 saturated heterocycles. The molecule has 1 heterocycles. The maximum absolute atomic E-state index is 12.3. The van der Waals surface area contributed by atoms with Crippen molar-refractivity contribution in [3.05, 3.63) is 66.0 Å². The summed E-state index contributed by atoms with van der Waals surface area (Å²) in [6.45, 7) is 1.85. The van der Waals surface area contributed by atoms with Crippen LogP contribution in [0.15, 0.2) is 59.8 Å². The fraction of sp³-hybridized carbons (Fsp3) is 0.111. The number of amides is 2. The van der Waals surface area contributed by atoms with E-state index >= 15 is 0 Å². The van der Waals surface area contributed by atoms with Crippen LogP contribution in [0.25, 0.3) is 5.69 Å². The third-order valence-corrected chi connectivity index (χ3v) is 4.54. The SMILES string of the molecule is Cc1nnc(SCC(=O)Nc2ccccc2C(N)=O)n1-c1ccccc1. The second kappa shape index (κ2) is 7.83.